The Kier molecular flexibility index (Phi) is 5.05. The molecule has 3 heteroatoms. The van der Waals surface area contributed by atoms with Crippen molar-refractivity contribution in [3.8, 4) is 0 Å². The Morgan fingerprint density at radius 1 is 1.25 bits per heavy atom. The van der Waals surface area contributed by atoms with Crippen molar-refractivity contribution in [2.75, 3.05) is 6.54 Å². The van der Waals surface area contributed by atoms with Crippen LogP contribution in [-0.2, 0) is 5.41 Å². The van der Waals surface area contributed by atoms with Crippen molar-refractivity contribution in [1.82, 2.24) is 5.32 Å². The van der Waals surface area contributed by atoms with E-state index in [0.717, 1.165) is 6.54 Å². The first-order valence-corrected chi connectivity index (χ1v) is 8.62. The van der Waals surface area contributed by atoms with Gasteiger partial charge in [-0.15, -0.1) is 11.3 Å². The summed E-state index contributed by atoms with van der Waals surface area (Å²) in [5, 5.41) is 3.68. The number of thiophene rings is 1. The summed E-state index contributed by atoms with van der Waals surface area (Å²) < 4.78 is 1.21. The number of rotatable bonds is 5. The van der Waals surface area contributed by atoms with Gasteiger partial charge < -0.3 is 5.32 Å². The molecule has 1 heterocycles. The predicted molar refractivity (Wildman–Crippen MR) is 92.6 cm³/mol. The fourth-order valence-electron chi connectivity index (χ4n) is 2.74. The standard InChI is InChI=1S/C17H22BrNS/c1-5-19-16(14-11-15(18)20-12(14)2)17(3,4)13-9-7-6-8-10-13/h6-11,16,19H,5H2,1-4H3. The quantitative estimate of drug-likeness (QED) is 0.755. The van der Waals surface area contributed by atoms with E-state index in [9.17, 15) is 0 Å². The molecule has 0 aliphatic rings. The molecule has 0 bridgehead atoms. The maximum atomic E-state index is 3.68. The average molecular weight is 352 g/mol. The zero-order chi connectivity index (χ0) is 14.8. The summed E-state index contributed by atoms with van der Waals surface area (Å²) in [6.07, 6.45) is 0. The molecule has 0 fully saturated rings. The zero-order valence-corrected chi connectivity index (χ0v) is 14.9. The Morgan fingerprint density at radius 3 is 2.40 bits per heavy atom. The van der Waals surface area contributed by atoms with Crippen molar-refractivity contribution >= 4 is 27.3 Å². The summed E-state index contributed by atoms with van der Waals surface area (Å²) in [4.78, 5) is 1.38. The lowest BCUT2D eigenvalue weighted by molar-refractivity contribution is 0.353. The fourth-order valence-corrected chi connectivity index (χ4v) is 4.49. The SMILES string of the molecule is CCNC(c1cc(Br)sc1C)C(C)(C)c1ccccc1. The van der Waals surface area contributed by atoms with Crippen LogP contribution >= 0.6 is 27.3 Å². The van der Waals surface area contributed by atoms with Gasteiger partial charge in [-0.2, -0.15) is 0 Å². The number of hydrogen-bond acceptors (Lipinski definition) is 2. The van der Waals surface area contributed by atoms with Crippen LogP contribution in [0.4, 0.5) is 0 Å². The van der Waals surface area contributed by atoms with E-state index in [1.807, 2.05) is 11.3 Å². The minimum absolute atomic E-state index is 0.0442. The van der Waals surface area contributed by atoms with Gasteiger partial charge in [-0.25, -0.2) is 0 Å². The molecule has 2 rings (SSSR count). The largest absolute Gasteiger partial charge is 0.309 e. The highest BCUT2D eigenvalue weighted by Crippen LogP contribution is 2.41. The molecule has 1 atom stereocenters. The Bertz CT molecular complexity index is 560. The molecule has 0 saturated heterocycles. The number of nitrogens with one attached hydrogen (secondary N) is 1. The third-order valence-corrected chi connectivity index (χ3v) is 5.45. The number of halogens is 1. The topological polar surface area (TPSA) is 12.0 Å². The van der Waals surface area contributed by atoms with E-state index in [1.54, 1.807) is 0 Å². The molecular formula is C17H22BrNS. The van der Waals surface area contributed by atoms with Crippen molar-refractivity contribution in [1.29, 1.82) is 0 Å². The molecule has 1 N–H and O–H groups in total. The van der Waals surface area contributed by atoms with Crippen LogP contribution in [0.1, 0.15) is 42.8 Å². The van der Waals surface area contributed by atoms with E-state index < -0.39 is 0 Å². The molecule has 2 aromatic rings. The minimum atomic E-state index is 0.0442. The zero-order valence-electron chi connectivity index (χ0n) is 12.5. The molecule has 20 heavy (non-hydrogen) atoms. The average Bonchev–Trinajstić information content (AvgIpc) is 2.75. The first-order valence-electron chi connectivity index (χ1n) is 7.01. The normalized spacial score (nSPS) is 13.4. The fraction of sp³-hybridized carbons (Fsp3) is 0.412. The highest BCUT2D eigenvalue weighted by atomic mass is 79.9. The van der Waals surface area contributed by atoms with Crippen LogP contribution in [0.5, 0.6) is 0 Å². The van der Waals surface area contributed by atoms with Crippen LogP contribution in [0.2, 0.25) is 0 Å². The summed E-state index contributed by atoms with van der Waals surface area (Å²) in [5.74, 6) is 0. The van der Waals surface area contributed by atoms with Gasteiger partial charge in [0.15, 0.2) is 0 Å². The van der Waals surface area contributed by atoms with Gasteiger partial charge in [0.1, 0.15) is 0 Å². The predicted octanol–water partition coefficient (Wildman–Crippen LogP) is 5.45. The Labute approximate surface area is 134 Å². The monoisotopic (exact) mass is 351 g/mol. The van der Waals surface area contributed by atoms with Crippen LogP contribution in [0, 0.1) is 6.92 Å². The number of hydrogen-bond donors (Lipinski definition) is 1. The van der Waals surface area contributed by atoms with Crippen molar-refractivity contribution in [2.24, 2.45) is 0 Å². The van der Waals surface area contributed by atoms with Crippen LogP contribution in [0.25, 0.3) is 0 Å². The molecule has 0 saturated carbocycles. The number of benzene rings is 1. The van der Waals surface area contributed by atoms with Gasteiger partial charge in [-0.05, 0) is 46.6 Å². The smallest absolute Gasteiger partial charge is 0.0704 e. The second-order valence-electron chi connectivity index (χ2n) is 5.64. The lowest BCUT2D eigenvalue weighted by Crippen LogP contribution is -2.37. The van der Waals surface area contributed by atoms with E-state index in [-0.39, 0.29) is 5.41 Å². The third kappa shape index (κ3) is 3.16. The first-order chi connectivity index (χ1) is 9.46. The second kappa shape index (κ2) is 6.42. The maximum Gasteiger partial charge on any atom is 0.0704 e. The van der Waals surface area contributed by atoms with E-state index >= 15 is 0 Å². The van der Waals surface area contributed by atoms with Gasteiger partial charge in [-0.1, -0.05) is 51.1 Å². The van der Waals surface area contributed by atoms with Gasteiger partial charge in [0.25, 0.3) is 0 Å². The Hall–Kier alpha value is -0.640. The van der Waals surface area contributed by atoms with Gasteiger partial charge in [-0.3, -0.25) is 0 Å². The Balaban J connectivity index is 2.45. The number of likely N-dealkylation sites (N-methyl/N-ethyl adjacent to an activating group) is 1. The third-order valence-electron chi connectivity index (χ3n) is 3.88. The maximum absolute atomic E-state index is 3.68. The summed E-state index contributed by atoms with van der Waals surface area (Å²) in [6, 6.07) is 13.3. The molecular weight excluding hydrogens is 330 g/mol. The molecule has 108 valence electrons. The van der Waals surface area contributed by atoms with Gasteiger partial charge in [0.05, 0.1) is 3.79 Å². The molecule has 1 unspecified atom stereocenters. The molecule has 0 radical (unpaired) electrons. The van der Waals surface area contributed by atoms with Crippen molar-refractivity contribution in [2.45, 2.75) is 39.2 Å². The van der Waals surface area contributed by atoms with E-state index in [0.29, 0.717) is 6.04 Å². The molecule has 1 aromatic heterocycles. The van der Waals surface area contributed by atoms with E-state index in [1.165, 1.54) is 19.8 Å². The molecule has 1 aromatic carbocycles. The molecule has 0 aliphatic carbocycles. The molecule has 0 spiro atoms. The summed E-state index contributed by atoms with van der Waals surface area (Å²) >= 11 is 5.43. The van der Waals surface area contributed by atoms with Crippen LogP contribution in [-0.4, -0.2) is 6.54 Å². The van der Waals surface area contributed by atoms with Gasteiger partial charge in [0, 0.05) is 16.3 Å². The lowest BCUT2D eigenvalue weighted by Gasteiger charge is -2.36. The highest BCUT2D eigenvalue weighted by molar-refractivity contribution is 9.11. The summed E-state index contributed by atoms with van der Waals surface area (Å²) in [7, 11) is 0. The Morgan fingerprint density at radius 2 is 1.90 bits per heavy atom. The van der Waals surface area contributed by atoms with Gasteiger partial charge in [0.2, 0.25) is 0 Å². The second-order valence-corrected chi connectivity index (χ2v) is 8.28. The first kappa shape index (κ1) is 15.7. The minimum Gasteiger partial charge on any atom is -0.309 e. The highest BCUT2D eigenvalue weighted by Gasteiger charge is 2.33. The van der Waals surface area contributed by atoms with Gasteiger partial charge >= 0.3 is 0 Å². The van der Waals surface area contributed by atoms with Crippen LogP contribution < -0.4 is 5.32 Å². The molecule has 0 aliphatic heterocycles. The molecule has 1 nitrogen and oxygen atoms in total. The van der Waals surface area contributed by atoms with Crippen molar-refractivity contribution in [3.63, 3.8) is 0 Å². The summed E-state index contributed by atoms with van der Waals surface area (Å²) in [5.41, 5.74) is 2.81. The van der Waals surface area contributed by atoms with Crippen LogP contribution in [0.3, 0.4) is 0 Å². The summed E-state index contributed by atoms with van der Waals surface area (Å²) in [6.45, 7) is 9.98. The van der Waals surface area contributed by atoms with E-state index in [4.69, 9.17) is 0 Å². The molecule has 0 amide bonds. The number of aryl methyl sites for hydroxylation is 1. The van der Waals surface area contributed by atoms with E-state index in [2.05, 4.69) is 85.3 Å². The lowest BCUT2D eigenvalue weighted by atomic mass is 9.75. The van der Waals surface area contributed by atoms with Crippen molar-refractivity contribution < 1.29 is 0 Å². The van der Waals surface area contributed by atoms with Crippen molar-refractivity contribution in [3.05, 3.63) is 56.2 Å². The van der Waals surface area contributed by atoms with Crippen LogP contribution in [0.15, 0.2) is 40.2 Å².